The molecule has 0 spiro atoms. The number of thiocarbonyl (C=S) groups is 1. The molecular formula is C27H33Cl2N3O2S. The van der Waals surface area contributed by atoms with Crippen LogP contribution < -0.4 is 5.32 Å². The molecular weight excluding hydrogens is 501 g/mol. The lowest BCUT2D eigenvalue weighted by molar-refractivity contribution is -0.0291. The largest absolute Gasteiger partial charge is 0.445 e. The van der Waals surface area contributed by atoms with Crippen molar-refractivity contribution >= 4 is 46.6 Å². The standard InChI is InChI=1S/C27H33Cl2N3O2S/c1-16-6-12-20(26(2,3)4)21(14-16)34-25(33)32-23(17-7-10-19(28)11-8-17)27(5,31-24(32)35)18-9-13-22(29)30-15-18/h7-11,13,15-16,20-21,23H,6,12,14H2,1-5H3,(H,31,35)/t16?,20-,21?,23-,27?/m1/s1. The van der Waals surface area contributed by atoms with Crippen molar-refractivity contribution in [2.24, 2.45) is 17.3 Å². The van der Waals surface area contributed by atoms with E-state index in [1.807, 2.05) is 37.3 Å². The summed E-state index contributed by atoms with van der Waals surface area (Å²) in [5.41, 5.74) is 1.04. The maximum absolute atomic E-state index is 13.8. The Morgan fingerprint density at radius 3 is 2.46 bits per heavy atom. The Bertz CT molecular complexity index is 1090. The van der Waals surface area contributed by atoms with Gasteiger partial charge in [-0.2, -0.15) is 0 Å². The van der Waals surface area contributed by atoms with E-state index in [0.29, 0.717) is 21.2 Å². The third-order valence-electron chi connectivity index (χ3n) is 7.52. The SMILES string of the molecule is CC1CC[C@@H](C(C)(C)C)C(OC(=O)N2C(=S)NC(C)(c3ccc(Cl)nc3)[C@H]2c2ccc(Cl)cc2)C1. The second kappa shape index (κ2) is 9.87. The summed E-state index contributed by atoms with van der Waals surface area (Å²) in [7, 11) is 0. The van der Waals surface area contributed by atoms with Crippen LogP contribution in [0.4, 0.5) is 4.79 Å². The molecule has 8 heteroatoms. The number of ether oxygens (including phenoxy) is 1. The van der Waals surface area contributed by atoms with E-state index in [1.54, 1.807) is 17.2 Å². The molecule has 1 aliphatic heterocycles. The highest BCUT2D eigenvalue weighted by Gasteiger charge is 2.52. The van der Waals surface area contributed by atoms with Crippen molar-refractivity contribution in [3.8, 4) is 0 Å². The highest BCUT2D eigenvalue weighted by atomic mass is 35.5. The fourth-order valence-electron chi connectivity index (χ4n) is 5.59. The van der Waals surface area contributed by atoms with E-state index in [-0.39, 0.29) is 17.4 Å². The smallest absolute Gasteiger partial charge is 0.417 e. The molecule has 2 fully saturated rings. The second-order valence-corrected chi connectivity index (χ2v) is 12.3. The van der Waals surface area contributed by atoms with E-state index >= 15 is 0 Å². The summed E-state index contributed by atoms with van der Waals surface area (Å²) in [4.78, 5) is 19.7. The summed E-state index contributed by atoms with van der Waals surface area (Å²) in [5, 5.41) is 4.73. The fourth-order valence-corrected chi connectivity index (χ4v) is 6.22. The van der Waals surface area contributed by atoms with E-state index in [0.717, 1.165) is 30.4 Å². The second-order valence-electron chi connectivity index (χ2n) is 11.1. The number of nitrogens with one attached hydrogen (secondary N) is 1. The lowest BCUT2D eigenvalue weighted by Gasteiger charge is -2.42. The number of nitrogens with zero attached hydrogens (tertiary/aromatic N) is 2. The van der Waals surface area contributed by atoms with Crippen LogP contribution in [0.5, 0.6) is 0 Å². The first-order chi connectivity index (χ1) is 16.4. The molecule has 1 aromatic heterocycles. The van der Waals surface area contributed by atoms with E-state index in [1.165, 1.54) is 0 Å². The normalized spacial score (nSPS) is 29.1. The molecule has 0 bridgehead atoms. The van der Waals surface area contributed by atoms with Gasteiger partial charge in [-0.3, -0.25) is 0 Å². The highest BCUT2D eigenvalue weighted by Crippen LogP contribution is 2.46. The lowest BCUT2D eigenvalue weighted by Crippen LogP contribution is -2.44. The molecule has 5 nitrogen and oxygen atoms in total. The Morgan fingerprint density at radius 1 is 1.17 bits per heavy atom. The lowest BCUT2D eigenvalue weighted by atomic mass is 9.68. The van der Waals surface area contributed by atoms with Crippen LogP contribution in [0.25, 0.3) is 0 Å². The Hall–Kier alpha value is -1.89. The zero-order valence-corrected chi connectivity index (χ0v) is 23.2. The van der Waals surface area contributed by atoms with Gasteiger partial charge in [0.05, 0.1) is 11.6 Å². The summed E-state index contributed by atoms with van der Waals surface area (Å²) in [6.45, 7) is 10.9. The minimum atomic E-state index is -0.745. The molecule has 1 amide bonds. The van der Waals surface area contributed by atoms with Crippen LogP contribution in [0.3, 0.4) is 0 Å². The number of rotatable bonds is 3. The number of aromatic nitrogens is 1. The number of amides is 1. The van der Waals surface area contributed by atoms with Crippen molar-refractivity contribution in [2.45, 2.75) is 71.6 Å². The average Bonchev–Trinajstić information content (AvgIpc) is 3.05. The maximum atomic E-state index is 13.8. The Morgan fingerprint density at radius 2 is 1.86 bits per heavy atom. The molecule has 1 aromatic carbocycles. The molecule has 2 aromatic rings. The highest BCUT2D eigenvalue weighted by molar-refractivity contribution is 7.80. The number of halogens is 2. The van der Waals surface area contributed by atoms with Crippen molar-refractivity contribution in [3.63, 3.8) is 0 Å². The summed E-state index contributed by atoms with van der Waals surface area (Å²) >= 11 is 18.0. The van der Waals surface area contributed by atoms with Crippen molar-refractivity contribution in [1.82, 2.24) is 15.2 Å². The van der Waals surface area contributed by atoms with Gasteiger partial charge in [0.1, 0.15) is 11.3 Å². The Kier molecular flexibility index (Phi) is 7.38. The molecule has 2 heterocycles. The van der Waals surface area contributed by atoms with Gasteiger partial charge in [0.2, 0.25) is 0 Å². The van der Waals surface area contributed by atoms with Gasteiger partial charge in [-0.1, -0.05) is 75.5 Å². The van der Waals surface area contributed by atoms with Crippen molar-refractivity contribution in [3.05, 3.63) is 63.9 Å². The van der Waals surface area contributed by atoms with Gasteiger partial charge < -0.3 is 10.1 Å². The minimum Gasteiger partial charge on any atom is -0.445 e. The molecule has 2 aliphatic rings. The predicted molar refractivity (Wildman–Crippen MR) is 145 cm³/mol. The van der Waals surface area contributed by atoms with Crippen LogP contribution in [0, 0.1) is 17.3 Å². The molecule has 5 atom stereocenters. The number of benzene rings is 1. The van der Waals surface area contributed by atoms with Crippen LogP contribution >= 0.6 is 35.4 Å². The Balaban J connectivity index is 1.71. The number of carbonyl (C=O) groups excluding carboxylic acids is 1. The third kappa shape index (κ3) is 5.30. The predicted octanol–water partition coefficient (Wildman–Crippen LogP) is 7.52. The molecule has 188 valence electrons. The van der Waals surface area contributed by atoms with E-state index < -0.39 is 17.7 Å². The molecule has 35 heavy (non-hydrogen) atoms. The van der Waals surface area contributed by atoms with Crippen LogP contribution in [0.15, 0.2) is 42.6 Å². The number of hydrogen-bond acceptors (Lipinski definition) is 4. The monoisotopic (exact) mass is 533 g/mol. The topological polar surface area (TPSA) is 54.5 Å². The number of pyridine rings is 1. The van der Waals surface area contributed by atoms with Gasteiger partial charge in [-0.25, -0.2) is 14.7 Å². The average molecular weight is 535 g/mol. The third-order valence-corrected chi connectivity index (χ3v) is 8.29. The van der Waals surface area contributed by atoms with Crippen molar-refractivity contribution < 1.29 is 9.53 Å². The van der Waals surface area contributed by atoms with Crippen LogP contribution in [-0.4, -0.2) is 27.2 Å². The van der Waals surface area contributed by atoms with Crippen LogP contribution in [-0.2, 0) is 10.3 Å². The Labute approximate surface area is 223 Å². The molecule has 1 saturated carbocycles. The summed E-state index contributed by atoms with van der Waals surface area (Å²) in [6.07, 6.45) is 4.17. The van der Waals surface area contributed by atoms with Crippen LogP contribution in [0.1, 0.15) is 71.0 Å². The first-order valence-corrected chi connectivity index (χ1v) is 13.3. The van der Waals surface area contributed by atoms with Gasteiger partial charge in [0.15, 0.2) is 5.11 Å². The van der Waals surface area contributed by atoms with Crippen LogP contribution in [0.2, 0.25) is 10.2 Å². The van der Waals surface area contributed by atoms with Gasteiger partial charge in [0.25, 0.3) is 0 Å². The summed E-state index contributed by atoms with van der Waals surface area (Å²) in [5.74, 6) is 0.792. The van der Waals surface area contributed by atoms with Gasteiger partial charge in [-0.15, -0.1) is 0 Å². The zero-order valence-electron chi connectivity index (χ0n) is 20.8. The molecule has 1 N–H and O–H groups in total. The van der Waals surface area contributed by atoms with Crippen molar-refractivity contribution in [2.75, 3.05) is 0 Å². The van der Waals surface area contributed by atoms with E-state index in [2.05, 4.69) is 38.0 Å². The van der Waals surface area contributed by atoms with E-state index in [4.69, 9.17) is 40.2 Å². The van der Waals surface area contributed by atoms with Crippen molar-refractivity contribution in [1.29, 1.82) is 0 Å². The summed E-state index contributed by atoms with van der Waals surface area (Å²) < 4.78 is 6.28. The summed E-state index contributed by atoms with van der Waals surface area (Å²) in [6, 6.07) is 10.7. The number of hydrogen-bond donors (Lipinski definition) is 1. The fraction of sp³-hybridized carbons (Fsp3) is 0.519. The minimum absolute atomic E-state index is 0.0356. The zero-order chi connectivity index (χ0) is 25.5. The molecule has 4 rings (SSSR count). The molecule has 1 aliphatic carbocycles. The molecule has 3 unspecified atom stereocenters. The first-order valence-electron chi connectivity index (χ1n) is 12.1. The quantitative estimate of drug-likeness (QED) is 0.326. The maximum Gasteiger partial charge on any atom is 0.417 e. The molecule has 1 saturated heterocycles. The first kappa shape index (κ1) is 26.2. The van der Waals surface area contributed by atoms with Gasteiger partial charge in [-0.05, 0) is 72.6 Å². The number of carbonyl (C=O) groups is 1. The molecule has 0 radical (unpaired) electrons. The van der Waals surface area contributed by atoms with Gasteiger partial charge >= 0.3 is 6.09 Å². The van der Waals surface area contributed by atoms with E-state index in [9.17, 15) is 4.79 Å². The van der Waals surface area contributed by atoms with Gasteiger partial charge in [0, 0.05) is 17.1 Å².